The Labute approximate surface area is 190 Å². The topological polar surface area (TPSA) is 57.5 Å². The van der Waals surface area contributed by atoms with Crippen LogP contribution in [0.4, 0.5) is 0 Å². The fraction of sp³-hybridized carbons (Fsp3) is 0.893. The molecule has 0 bridgehead atoms. The summed E-state index contributed by atoms with van der Waals surface area (Å²) in [6.07, 6.45) is 12.2. The van der Waals surface area contributed by atoms with Crippen molar-refractivity contribution in [1.29, 1.82) is 0 Å². The maximum atomic E-state index is 12.0. The van der Waals surface area contributed by atoms with Crippen LogP contribution in [-0.4, -0.2) is 22.3 Å². The maximum Gasteiger partial charge on any atom is 0.309 e. The molecule has 0 radical (unpaired) electrons. The molecular weight excluding hydrogens is 384 g/mol. The Bertz CT molecular complexity index is 724. The molecule has 31 heavy (non-hydrogen) atoms. The second kappa shape index (κ2) is 8.50. The van der Waals surface area contributed by atoms with E-state index in [4.69, 9.17) is 0 Å². The minimum absolute atomic E-state index is 0.0157. The average molecular weight is 431 g/mol. The van der Waals surface area contributed by atoms with Crippen LogP contribution in [0.15, 0.2) is 11.1 Å². The third kappa shape index (κ3) is 3.81. The van der Waals surface area contributed by atoms with E-state index in [0.717, 1.165) is 43.4 Å². The van der Waals surface area contributed by atoms with Crippen LogP contribution in [0.1, 0.15) is 105 Å². The van der Waals surface area contributed by atoms with Crippen molar-refractivity contribution in [3.05, 3.63) is 11.1 Å². The quantitative estimate of drug-likeness (QED) is 0.453. The highest BCUT2D eigenvalue weighted by atomic mass is 16.4. The molecule has 176 valence electrons. The van der Waals surface area contributed by atoms with Crippen molar-refractivity contribution in [3.63, 3.8) is 0 Å². The Balaban J connectivity index is 1.57. The number of allylic oxidation sites excluding steroid dienone is 2. The van der Waals surface area contributed by atoms with Gasteiger partial charge in [-0.25, -0.2) is 0 Å². The van der Waals surface area contributed by atoms with Gasteiger partial charge in [0.2, 0.25) is 0 Å². The summed E-state index contributed by atoms with van der Waals surface area (Å²) in [4.78, 5) is 12.0. The number of aliphatic hydroxyl groups is 1. The van der Waals surface area contributed by atoms with E-state index >= 15 is 0 Å². The molecule has 0 amide bonds. The number of fused-ring (bicyclic) bond motifs is 4. The monoisotopic (exact) mass is 430 g/mol. The van der Waals surface area contributed by atoms with E-state index in [1.54, 1.807) is 11.1 Å². The summed E-state index contributed by atoms with van der Waals surface area (Å²) >= 11 is 0. The second-order valence-electron chi connectivity index (χ2n) is 12.6. The van der Waals surface area contributed by atoms with E-state index in [9.17, 15) is 15.0 Å². The van der Waals surface area contributed by atoms with Crippen molar-refractivity contribution < 1.29 is 15.0 Å². The first kappa shape index (κ1) is 23.3. The van der Waals surface area contributed by atoms with Gasteiger partial charge >= 0.3 is 5.97 Å². The molecule has 4 aliphatic rings. The summed E-state index contributed by atoms with van der Waals surface area (Å²) in [7, 11) is 0. The highest BCUT2D eigenvalue weighted by molar-refractivity contribution is 5.72. The fourth-order valence-electron chi connectivity index (χ4n) is 8.92. The van der Waals surface area contributed by atoms with Crippen LogP contribution in [0.2, 0.25) is 0 Å². The van der Waals surface area contributed by atoms with Gasteiger partial charge in [0, 0.05) is 0 Å². The van der Waals surface area contributed by atoms with Crippen LogP contribution < -0.4 is 0 Å². The molecule has 0 saturated heterocycles. The Morgan fingerprint density at radius 3 is 2.45 bits per heavy atom. The highest BCUT2D eigenvalue weighted by Crippen LogP contribution is 2.66. The van der Waals surface area contributed by atoms with E-state index in [2.05, 4.69) is 34.6 Å². The molecule has 0 heterocycles. The van der Waals surface area contributed by atoms with Gasteiger partial charge in [-0.2, -0.15) is 0 Å². The molecule has 2 saturated carbocycles. The molecule has 2 fully saturated rings. The number of rotatable bonds is 6. The van der Waals surface area contributed by atoms with E-state index in [-0.39, 0.29) is 11.3 Å². The van der Waals surface area contributed by atoms with Crippen LogP contribution in [-0.2, 0) is 4.79 Å². The van der Waals surface area contributed by atoms with Crippen LogP contribution >= 0.6 is 0 Å². The molecule has 3 nitrogen and oxygen atoms in total. The third-order valence-electron chi connectivity index (χ3n) is 10.6. The van der Waals surface area contributed by atoms with E-state index in [0.29, 0.717) is 17.8 Å². The number of carboxylic acids is 1. The lowest BCUT2D eigenvalue weighted by molar-refractivity contribution is -0.156. The zero-order valence-corrected chi connectivity index (χ0v) is 20.6. The Morgan fingerprint density at radius 1 is 1.03 bits per heavy atom. The lowest BCUT2D eigenvalue weighted by atomic mass is 9.48. The first-order valence-electron chi connectivity index (χ1n) is 13.2. The predicted molar refractivity (Wildman–Crippen MR) is 126 cm³/mol. The van der Waals surface area contributed by atoms with Crippen molar-refractivity contribution in [2.45, 2.75) is 111 Å². The van der Waals surface area contributed by atoms with Gasteiger partial charge in [-0.3, -0.25) is 4.79 Å². The Morgan fingerprint density at radius 2 is 1.77 bits per heavy atom. The normalized spacial score (nSPS) is 43.4. The lowest BCUT2D eigenvalue weighted by Gasteiger charge is -2.56. The first-order chi connectivity index (χ1) is 14.6. The maximum absolute atomic E-state index is 12.0. The van der Waals surface area contributed by atoms with E-state index < -0.39 is 18.0 Å². The van der Waals surface area contributed by atoms with Gasteiger partial charge in [0.05, 0.1) is 12.0 Å². The van der Waals surface area contributed by atoms with Crippen molar-refractivity contribution in [1.82, 2.24) is 0 Å². The lowest BCUT2D eigenvalue weighted by Crippen LogP contribution is -2.51. The fourth-order valence-corrected chi connectivity index (χ4v) is 8.92. The second-order valence-corrected chi connectivity index (χ2v) is 12.6. The van der Waals surface area contributed by atoms with Gasteiger partial charge in [-0.1, -0.05) is 65.0 Å². The minimum Gasteiger partial charge on any atom is -0.481 e. The number of carboxylic acid groups (broad SMARTS) is 1. The van der Waals surface area contributed by atoms with Crippen LogP contribution in [0.3, 0.4) is 0 Å². The summed E-state index contributed by atoms with van der Waals surface area (Å²) in [5.41, 5.74) is 3.76. The zero-order valence-electron chi connectivity index (χ0n) is 20.6. The summed E-state index contributed by atoms with van der Waals surface area (Å²) < 4.78 is 0. The van der Waals surface area contributed by atoms with Gasteiger partial charge in [-0.15, -0.1) is 0 Å². The van der Waals surface area contributed by atoms with Gasteiger partial charge in [-0.05, 0) is 91.8 Å². The molecule has 2 N–H and O–H groups in total. The predicted octanol–water partition coefficient (Wildman–Crippen LogP) is 6.84. The first-order valence-corrected chi connectivity index (χ1v) is 13.2. The summed E-state index contributed by atoms with van der Waals surface area (Å²) in [5.74, 6) is 1.89. The van der Waals surface area contributed by atoms with Gasteiger partial charge < -0.3 is 10.2 Å². The molecule has 4 aliphatic carbocycles. The van der Waals surface area contributed by atoms with Crippen molar-refractivity contribution in [3.8, 4) is 0 Å². The van der Waals surface area contributed by atoms with Crippen molar-refractivity contribution in [2.75, 3.05) is 0 Å². The number of hydrogen-bond acceptors (Lipinski definition) is 2. The summed E-state index contributed by atoms with van der Waals surface area (Å²) in [6.45, 7) is 12.1. The van der Waals surface area contributed by atoms with Crippen LogP contribution in [0, 0.1) is 46.3 Å². The molecule has 3 heteroatoms. The molecule has 0 aromatic heterocycles. The zero-order chi connectivity index (χ0) is 22.6. The molecular formula is C28H46O3. The average Bonchev–Trinajstić information content (AvgIpc) is 3.05. The highest BCUT2D eigenvalue weighted by Gasteiger charge is 2.58. The molecule has 4 unspecified atom stereocenters. The van der Waals surface area contributed by atoms with Crippen molar-refractivity contribution >= 4 is 5.97 Å². The van der Waals surface area contributed by atoms with Crippen molar-refractivity contribution in [2.24, 2.45) is 46.3 Å². The Hall–Kier alpha value is -0.830. The van der Waals surface area contributed by atoms with Gasteiger partial charge in [0.25, 0.3) is 0 Å². The number of carbonyl (C=O) groups is 1. The molecule has 0 aliphatic heterocycles. The van der Waals surface area contributed by atoms with Gasteiger partial charge in [0.1, 0.15) is 0 Å². The molecule has 4 rings (SSSR count). The summed E-state index contributed by atoms with van der Waals surface area (Å²) in [6, 6.07) is 0. The summed E-state index contributed by atoms with van der Waals surface area (Å²) in [5, 5.41) is 20.4. The van der Waals surface area contributed by atoms with E-state index in [1.165, 1.54) is 38.5 Å². The molecule has 0 aromatic rings. The number of aliphatic hydroxyl groups excluding tert-OH is 1. The molecule has 0 aromatic carbocycles. The largest absolute Gasteiger partial charge is 0.481 e. The van der Waals surface area contributed by atoms with Crippen LogP contribution in [0.5, 0.6) is 0 Å². The smallest absolute Gasteiger partial charge is 0.309 e. The SMILES string of the molecule is CC(C)CCCC(C)C1CCC2C3=C(CC[C@@]21C)[C@@]1(C)CC[C@H](O)[C@@H](C(=O)O)C1CC3. The van der Waals surface area contributed by atoms with Crippen LogP contribution in [0.25, 0.3) is 0 Å². The Kier molecular flexibility index (Phi) is 6.40. The van der Waals surface area contributed by atoms with Gasteiger partial charge in [0.15, 0.2) is 0 Å². The molecule has 0 spiro atoms. The third-order valence-corrected chi connectivity index (χ3v) is 10.6. The van der Waals surface area contributed by atoms with E-state index in [1.807, 2.05) is 0 Å². The number of hydrogen-bond donors (Lipinski definition) is 2. The minimum atomic E-state index is -0.788. The molecule has 8 atom stereocenters. The number of aliphatic carboxylic acids is 1. The standard InChI is InChI=1S/C28H46O3/c1-17(2)7-6-8-18(3)20-11-12-21-19-9-10-23-25(26(30)31)24(29)14-16-28(23,5)22(19)13-15-27(20,21)4/h17-18,20-21,23-25,29H,6-16H2,1-5H3,(H,30,31)/t18?,20?,21?,23?,24-,25-,27+,28+/m0/s1.